The molecule has 0 unspecified atom stereocenters. The van der Waals surface area contributed by atoms with E-state index in [2.05, 4.69) is 15.0 Å². The number of fused-ring (bicyclic) bond motifs is 1. The topological polar surface area (TPSA) is 128 Å². The van der Waals surface area contributed by atoms with Gasteiger partial charge in [0.2, 0.25) is 5.95 Å². The van der Waals surface area contributed by atoms with Crippen LogP contribution in [-0.2, 0) is 9.47 Å². The number of H-pyrrole nitrogens is 1. The second kappa shape index (κ2) is 4.85. The van der Waals surface area contributed by atoms with E-state index in [0.29, 0.717) is 12.1 Å². The normalized spacial score (nSPS) is 26.4. The van der Waals surface area contributed by atoms with E-state index in [-0.39, 0.29) is 30.3 Å². The molecule has 1 saturated heterocycles. The Labute approximate surface area is 113 Å². The number of anilines is 1. The fourth-order valence-electron chi connectivity index (χ4n) is 2.42. The number of aromatic amines is 1. The number of nitrogens with zero attached hydrogens (tertiary/aromatic N) is 3. The Morgan fingerprint density at radius 3 is 3.20 bits per heavy atom. The first kappa shape index (κ1) is 13.0. The molecule has 3 atom stereocenters. The summed E-state index contributed by atoms with van der Waals surface area (Å²) in [5, 5.41) is 9.20. The maximum Gasteiger partial charge on any atom is 0.280 e. The lowest BCUT2D eigenvalue weighted by Gasteiger charge is -2.18. The van der Waals surface area contributed by atoms with Crippen LogP contribution in [0.2, 0.25) is 0 Å². The molecule has 4 N–H and O–H groups in total. The molecule has 9 nitrogen and oxygen atoms in total. The van der Waals surface area contributed by atoms with Crippen molar-refractivity contribution in [2.75, 3.05) is 19.5 Å². The fourth-order valence-corrected chi connectivity index (χ4v) is 2.42. The monoisotopic (exact) mass is 281 g/mol. The molecule has 20 heavy (non-hydrogen) atoms. The fraction of sp³-hybridized carbons (Fsp3) is 0.545. The van der Waals surface area contributed by atoms with Crippen LogP contribution in [0.5, 0.6) is 0 Å². The van der Waals surface area contributed by atoms with E-state index in [1.54, 1.807) is 11.7 Å². The predicted molar refractivity (Wildman–Crippen MR) is 69.0 cm³/mol. The van der Waals surface area contributed by atoms with Gasteiger partial charge in [-0.3, -0.25) is 14.3 Å². The molecule has 0 saturated carbocycles. The first-order valence-electron chi connectivity index (χ1n) is 6.15. The minimum absolute atomic E-state index is 0.00919. The van der Waals surface area contributed by atoms with Gasteiger partial charge in [0.1, 0.15) is 6.10 Å². The zero-order valence-electron chi connectivity index (χ0n) is 10.8. The lowest BCUT2D eigenvalue weighted by atomic mass is 10.2. The third-order valence-corrected chi connectivity index (χ3v) is 3.38. The van der Waals surface area contributed by atoms with E-state index in [1.165, 1.54) is 6.33 Å². The van der Waals surface area contributed by atoms with E-state index in [0.717, 1.165) is 0 Å². The molecule has 0 spiro atoms. The van der Waals surface area contributed by atoms with Gasteiger partial charge in [-0.15, -0.1) is 0 Å². The summed E-state index contributed by atoms with van der Waals surface area (Å²) in [4.78, 5) is 22.2. The molecular formula is C11H15N5O4. The number of nitrogens with one attached hydrogen (secondary N) is 1. The minimum atomic E-state index is -0.504. The number of aromatic nitrogens is 4. The highest BCUT2D eigenvalue weighted by Gasteiger charge is 2.37. The van der Waals surface area contributed by atoms with Crippen molar-refractivity contribution >= 4 is 17.1 Å². The zero-order chi connectivity index (χ0) is 14.3. The van der Waals surface area contributed by atoms with Crippen LogP contribution in [0.3, 0.4) is 0 Å². The van der Waals surface area contributed by atoms with Gasteiger partial charge < -0.3 is 20.3 Å². The number of hydrogen-bond acceptors (Lipinski definition) is 7. The van der Waals surface area contributed by atoms with Gasteiger partial charge in [0.15, 0.2) is 17.4 Å². The number of nitrogens with two attached hydrogens (primary N) is 1. The van der Waals surface area contributed by atoms with Gasteiger partial charge in [-0.05, 0) is 0 Å². The summed E-state index contributed by atoms with van der Waals surface area (Å²) in [5.41, 5.74) is 5.66. The minimum Gasteiger partial charge on any atom is -0.394 e. The van der Waals surface area contributed by atoms with Crippen LogP contribution in [0.15, 0.2) is 11.1 Å². The number of ether oxygens (including phenoxy) is 2. The lowest BCUT2D eigenvalue weighted by Crippen LogP contribution is -2.22. The summed E-state index contributed by atoms with van der Waals surface area (Å²) >= 11 is 0. The number of rotatable bonds is 3. The van der Waals surface area contributed by atoms with Crippen molar-refractivity contribution in [3.63, 3.8) is 0 Å². The van der Waals surface area contributed by atoms with Crippen LogP contribution in [0, 0.1) is 0 Å². The second-order valence-electron chi connectivity index (χ2n) is 4.62. The van der Waals surface area contributed by atoms with Crippen molar-refractivity contribution < 1.29 is 14.6 Å². The quantitative estimate of drug-likeness (QED) is 0.658. The number of imidazole rings is 1. The molecule has 9 heteroatoms. The highest BCUT2D eigenvalue weighted by molar-refractivity contribution is 5.70. The largest absolute Gasteiger partial charge is 0.394 e. The molecule has 1 fully saturated rings. The third kappa shape index (κ3) is 1.96. The Morgan fingerprint density at radius 2 is 2.50 bits per heavy atom. The van der Waals surface area contributed by atoms with Gasteiger partial charge >= 0.3 is 0 Å². The molecule has 0 radical (unpaired) electrons. The van der Waals surface area contributed by atoms with E-state index in [4.69, 9.17) is 15.2 Å². The summed E-state index contributed by atoms with van der Waals surface area (Å²) in [6.45, 7) is -0.0981. The number of aliphatic hydroxyl groups is 1. The first-order valence-corrected chi connectivity index (χ1v) is 6.15. The van der Waals surface area contributed by atoms with Crippen LogP contribution in [0.4, 0.5) is 5.95 Å². The van der Waals surface area contributed by atoms with Gasteiger partial charge in [0.25, 0.3) is 5.56 Å². The van der Waals surface area contributed by atoms with Crippen LogP contribution < -0.4 is 11.3 Å². The standard InChI is InChI=1S/C11H15N5O4/c1-19-6-2-5(3-17)20-10(6)16-4-13-7-8(16)14-11(12)15-9(7)18/h4-6,10,17H,2-3H2,1H3,(H3,12,14,15,18)/t5-,6+,10+/m0/s1. The predicted octanol–water partition coefficient (Wildman–Crippen LogP) is -1.00. The summed E-state index contributed by atoms with van der Waals surface area (Å²) in [5.74, 6) is 0.00919. The first-order chi connectivity index (χ1) is 9.63. The zero-order valence-corrected chi connectivity index (χ0v) is 10.8. The van der Waals surface area contributed by atoms with Crippen molar-refractivity contribution in [1.29, 1.82) is 0 Å². The Bertz CT molecular complexity index is 681. The van der Waals surface area contributed by atoms with Crippen molar-refractivity contribution in [2.24, 2.45) is 0 Å². The van der Waals surface area contributed by atoms with Gasteiger partial charge in [0.05, 0.1) is 19.0 Å². The molecule has 3 heterocycles. The molecule has 0 aliphatic carbocycles. The Balaban J connectivity index is 2.08. The highest BCUT2D eigenvalue weighted by Crippen LogP contribution is 2.32. The SMILES string of the molecule is CO[C@@H]1C[C@@H](CO)O[C@H]1n1cnc2c(=O)[nH]c(N)nc21. The Kier molecular flexibility index (Phi) is 3.16. The summed E-state index contributed by atoms with van der Waals surface area (Å²) in [6.07, 6.45) is 0.933. The van der Waals surface area contributed by atoms with E-state index in [9.17, 15) is 9.90 Å². The molecule has 2 aromatic heterocycles. The molecular weight excluding hydrogens is 266 g/mol. The number of methoxy groups -OCH3 is 1. The molecule has 3 rings (SSSR count). The highest BCUT2D eigenvalue weighted by atomic mass is 16.6. The summed E-state index contributed by atoms with van der Waals surface area (Å²) < 4.78 is 12.7. The molecule has 2 aromatic rings. The van der Waals surface area contributed by atoms with Crippen LogP contribution >= 0.6 is 0 Å². The van der Waals surface area contributed by atoms with Gasteiger partial charge in [-0.2, -0.15) is 4.98 Å². The average molecular weight is 281 g/mol. The van der Waals surface area contributed by atoms with E-state index in [1.807, 2.05) is 0 Å². The van der Waals surface area contributed by atoms with E-state index < -0.39 is 11.8 Å². The van der Waals surface area contributed by atoms with Gasteiger partial charge in [-0.1, -0.05) is 0 Å². The van der Waals surface area contributed by atoms with Gasteiger partial charge in [-0.25, -0.2) is 4.98 Å². The average Bonchev–Trinajstić information content (AvgIpc) is 3.01. The second-order valence-corrected chi connectivity index (χ2v) is 4.62. The van der Waals surface area contributed by atoms with Crippen LogP contribution in [0.1, 0.15) is 12.6 Å². The van der Waals surface area contributed by atoms with Crippen molar-refractivity contribution in [3.05, 3.63) is 16.7 Å². The number of nitrogen functional groups attached to an aromatic ring is 1. The molecule has 0 amide bonds. The molecule has 1 aliphatic rings. The maximum atomic E-state index is 11.7. The maximum absolute atomic E-state index is 11.7. The Hall–Kier alpha value is -1.97. The van der Waals surface area contributed by atoms with Crippen LogP contribution in [0.25, 0.3) is 11.2 Å². The summed E-state index contributed by atoms with van der Waals surface area (Å²) in [7, 11) is 1.56. The Morgan fingerprint density at radius 1 is 1.70 bits per heavy atom. The lowest BCUT2D eigenvalue weighted by molar-refractivity contribution is -0.0583. The smallest absolute Gasteiger partial charge is 0.280 e. The third-order valence-electron chi connectivity index (χ3n) is 3.38. The molecule has 0 aromatic carbocycles. The number of hydrogen-bond donors (Lipinski definition) is 3. The van der Waals surface area contributed by atoms with Crippen molar-refractivity contribution in [1.82, 2.24) is 19.5 Å². The molecule has 108 valence electrons. The van der Waals surface area contributed by atoms with Crippen molar-refractivity contribution in [3.8, 4) is 0 Å². The summed E-state index contributed by atoms with van der Waals surface area (Å²) in [6, 6.07) is 0. The van der Waals surface area contributed by atoms with Crippen LogP contribution in [-0.4, -0.2) is 50.6 Å². The van der Waals surface area contributed by atoms with Gasteiger partial charge in [0, 0.05) is 13.5 Å². The molecule has 0 bridgehead atoms. The van der Waals surface area contributed by atoms with E-state index >= 15 is 0 Å². The number of aliphatic hydroxyl groups excluding tert-OH is 1. The molecule has 1 aliphatic heterocycles. The van der Waals surface area contributed by atoms with Crippen molar-refractivity contribution in [2.45, 2.75) is 24.9 Å².